The summed E-state index contributed by atoms with van der Waals surface area (Å²) in [6, 6.07) is 11.7. The van der Waals surface area contributed by atoms with Crippen LogP contribution in [0.15, 0.2) is 42.5 Å². The number of methoxy groups -OCH3 is 1. The van der Waals surface area contributed by atoms with Crippen LogP contribution in [0.3, 0.4) is 0 Å². The summed E-state index contributed by atoms with van der Waals surface area (Å²) in [6.07, 6.45) is 0.967. The zero-order chi connectivity index (χ0) is 20.9. The van der Waals surface area contributed by atoms with E-state index in [1.807, 2.05) is 13.8 Å². The van der Waals surface area contributed by atoms with Gasteiger partial charge in [-0.2, -0.15) is 8.42 Å². The SMILES string of the molecule is COc1ccc(CN(CC(C)C)C(=O)c2ccc(Cl)cc2)cc1OS(C)(=O)=O. The van der Waals surface area contributed by atoms with Crippen LogP contribution in [0.5, 0.6) is 11.5 Å². The number of hydrogen-bond acceptors (Lipinski definition) is 5. The van der Waals surface area contributed by atoms with E-state index < -0.39 is 10.1 Å². The van der Waals surface area contributed by atoms with E-state index in [0.717, 1.165) is 11.8 Å². The minimum absolute atomic E-state index is 0.0888. The molecule has 0 aliphatic carbocycles. The lowest BCUT2D eigenvalue weighted by atomic mass is 10.1. The third-order valence-electron chi connectivity index (χ3n) is 3.81. The highest BCUT2D eigenvalue weighted by Crippen LogP contribution is 2.30. The van der Waals surface area contributed by atoms with Crippen molar-refractivity contribution in [3.05, 3.63) is 58.6 Å². The lowest BCUT2D eigenvalue weighted by Crippen LogP contribution is -2.33. The first kappa shape index (κ1) is 22.0. The Morgan fingerprint density at radius 2 is 1.75 bits per heavy atom. The fraction of sp³-hybridized carbons (Fsp3) is 0.350. The highest BCUT2D eigenvalue weighted by molar-refractivity contribution is 7.86. The van der Waals surface area contributed by atoms with E-state index in [9.17, 15) is 13.2 Å². The number of carbonyl (C=O) groups excluding carboxylic acids is 1. The molecule has 0 aliphatic heterocycles. The molecule has 1 amide bonds. The van der Waals surface area contributed by atoms with Crippen LogP contribution in [0.4, 0.5) is 0 Å². The quantitative estimate of drug-likeness (QED) is 0.598. The fourth-order valence-electron chi connectivity index (χ4n) is 2.70. The molecule has 0 N–H and O–H groups in total. The van der Waals surface area contributed by atoms with Gasteiger partial charge < -0.3 is 13.8 Å². The van der Waals surface area contributed by atoms with Crippen LogP contribution in [0.1, 0.15) is 29.8 Å². The first-order chi connectivity index (χ1) is 13.1. The summed E-state index contributed by atoms with van der Waals surface area (Å²) < 4.78 is 33.2. The maximum Gasteiger partial charge on any atom is 0.306 e. The second-order valence-corrected chi connectivity index (χ2v) is 8.87. The molecule has 0 spiro atoms. The Balaban J connectivity index is 2.32. The minimum atomic E-state index is -3.71. The van der Waals surface area contributed by atoms with E-state index in [4.69, 9.17) is 20.5 Å². The Morgan fingerprint density at radius 1 is 1.11 bits per heavy atom. The van der Waals surface area contributed by atoms with Crippen LogP contribution >= 0.6 is 11.6 Å². The number of hydrogen-bond donors (Lipinski definition) is 0. The molecule has 0 radical (unpaired) electrons. The Hall–Kier alpha value is -2.25. The maximum atomic E-state index is 13.0. The topological polar surface area (TPSA) is 72.9 Å². The molecule has 152 valence electrons. The third kappa shape index (κ3) is 6.42. The second kappa shape index (κ2) is 9.30. The van der Waals surface area contributed by atoms with E-state index in [1.165, 1.54) is 7.11 Å². The fourth-order valence-corrected chi connectivity index (χ4v) is 3.29. The molecule has 28 heavy (non-hydrogen) atoms. The Kier molecular flexibility index (Phi) is 7.32. The highest BCUT2D eigenvalue weighted by atomic mass is 35.5. The van der Waals surface area contributed by atoms with Gasteiger partial charge in [-0.1, -0.05) is 31.5 Å². The molecule has 0 atom stereocenters. The number of benzene rings is 2. The molecular weight excluding hydrogens is 402 g/mol. The van der Waals surface area contributed by atoms with Crippen molar-refractivity contribution in [3.8, 4) is 11.5 Å². The molecule has 8 heteroatoms. The van der Waals surface area contributed by atoms with Gasteiger partial charge in [-0.15, -0.1) is 0 Å². The van der Waals surface area contributed by atoms with Crippen LogP contribution in [-0.2, 0) is 16.7 Å². The van der Waals surface area contributed by atoms with Gasteiger partial charge in [0.1, 0.15) is 0 Å². The largest absolute Gasteiger partial charge is 0.493 e. The molecular formula is C20H24ClNO5S. The van der Waals surface area contributed by atoms with E-state index in [0.29, 0.717) is 29.4 Å². The summed E-state index contributed by atoms with van der Waals surface area (Å²) in [5, 5.41) is 0.560. The predicted octanol–water partition coefficient (Wildman–Crippen LogP) is 3.99. The molecule has 0 saturated heterocycles. The van der Waals surface area contributed by atoms with Gasteiger partial charge in [0.2, 0.25) is 0 Å². The first-order valence-corrected chi connectivity index (χ1v) is 10.9. The highest BCUT2D eigenvalue weighted by Gasteiger charge is 2.19. The zero-order valence-electron chi connectivity index (χ0n) is 16.3. The van der Waals surface area contributed by atoms with E-state index in [2.05, 4.69) is 0 Å². The summed E-state index contributed by atoms with van der Waals surface area (Å²) >= 11 is 5.91. The van der Waals surface area contributed by atoms with Gasteiger partial charge >= 0.3 is 10.1 Å². The van der Waals surface area contributed by atoms with Crippen LogP contribution < -0.4 is 8.92 Å². The molecule has 0 bridgehead atoms. The third-order valence-corrected chi connectivity index (χ3v) is 4.54. The van der Waals surface area contributed by atoms with Crippen molar-refractivity contribution < 1.29 is 22.1 Å². The molecule has 0 aliphatic rings. The van der Waals surface area contributed by atoms with Crippen molar-refractivity contribution >= 4 is 27.6 Å². The summed E-state index contributed by atoms with van der Waals surface area (Å²) in [5.41, 5.74) is 1.26. The van der Waals surface area contributed by atoms with Crippen molar-refractivity contribution in [1.29, 1.82) is 0 Å². The Morgan fingerprint density at radius 3 is 2.29 bits per heavy atom. The van der Waals surface area contributed by atoms with Gasteiger partial charge in [0.25, 0.3) is 5.91 Å². The molecule has 0 unspecified atom stereocenters. The van der Waals surface area contributed by atoms with Crippen LogP contribution in [-0.4, -0.2) is 39.1 Å². The van der Waals surface area contributed by atoms with Gasteiger partial charge in [0, 0.05) is 23.7 Å². The van der Waals surface area contributed by atoms with Gasteiger partial charge in [-0.25, -0.2) is 0 Å². The Bertz CT molecular complexity index is 926. The lowest BCUT2D eigenvalue weighted by Gasteiger charge is -2.25. The number of carbonyl (C=O) groups is 1. The summed E-state index contributed by atoms with van der Waals surface area (Å²) in [6.45, 7) is 4.88. The molecule has 2 aromatic rings. The maximum absolute atomic E-state index is 13.0. The molecule has 0 saturated carbocycles. The number of nitrogens with zero attached hydrogens (tertiary/aromatic N) is 1. The molecule has 2 rings (SSSR count). The molecule has 0 heterocycles. The van der Waals surface area contributed by atoms with Gasteiger partial charge in [0.15, 0.2) is 11.5 Å². The average Bonchev–Trinajstić information content (AvgIpc) is 2.60. The predicted molar refractivity (Wildman–Crippen MR) is 109 cm³/mol. The summed E-state index contributed by atoms with van der Waals surface area (Å²) in [4.78, 5) is 14.7. The van der Waals surface area contributed by atoms with Crippen LogP contribution in [0, 0.1) is 5.92 Å². The zero-order valence-corrected chi connectivity index (χ0v) is 17.9. The van der Waals surface area contributed by atoms with Crippen LogP contribution in [0.2, 0.25) is 5.02 Å². The smallest absolute Gasteiger partial charge is 0.306 e. The number of amides is 1. The number of halogens is 1. The average molecular weight is 426 g/mol. The summed E-state index contributed by atoms with van der Waals surface area (Å²) in [7, 11) is -2.28. The van der Waals surface area contributed by atoms with Crippen molar-refractivity contribution in [1.82, 2.24) is 4.90 Å². The molecule has 0 fully saturated rings. The van der Waals surface area contributed by atoms with Crippen molar-refractivity contribution in [2.24, 2.45) is 5.92 Å². The van der Waals surface area contributed by atoms with Gasteiger partial charge in [-0.05, 0) is 47.9 Å². The number of rotatable bonds is 8. The van der Waals surface area contributed by atoms with Gasteiger partial charge in [0.05, 0.1) is 13.4 Å². The van der Waals surface area contributed by atoms with E-state index in [1.54, 1.807) is 47.4 Å². The van der Waals surface area contributed by atoms with Crippen molar-refractivity contribution in [2.45, 2.75) is 20.4 Å². The van der Waals surface area contributed by atoms with E-state index >= 15 is 0 Å². The Labute approximate surface area is 171 Å². The normalized spacial score (nSPS) is 11.4. The number of ether oxygens (including phenoxy) is 1. The van der Waals surface area contributed by atoms with Crippen molar-refractivity contribution in [3.63, 3.8) is 0 Å². The molecule has 6 nitrogen and oxygen atoms in total. The minimum Gasteiger partial charge on any atom is -0.493 e. The monoisotopic (exact) mass is 425 g/mol. The molecule has 0 aromatic heterocycles. The standard InChI is InChI=1S/C20H24ClNO5S/c1-14(2)12-22(20(23)16-6-8-17(21)9-7-16)13-15-5-10-18(26-3)19(11-15)27-28(4,24)25/h5-11,14H,12-13H2,1-4H3. The second-order valence-electron chi connectivity index (χ2n) is 6.86. The van der Waals surface area contributed by atoms with Crippen LogP contribution in [0.25, 0.3) is 0 Å². The molecule has 2 aromatic carbocycles. The van der Waals surface area contributed by atoms with Gasteiger partial charge in [-0.3, -0.25) is 4.79 Å². The summed E-state index contributed by atoms with van der Waals surface area (Å²) in [5.74, 6) is 0.507. The van der Waals surface area contributed by atoms with Crippen molar-refractivity contribution in [2.75, 3.05) is 19.9 Å². The lowest BCUT2D eigenvalue weighted by molar-refractivity contribution is 0.0722. The first-order valence-electron chi connectivity index (χ1n) is 8.70. The van der Waals surface area contributed by atoms with E-state index in [-0.39, 0.29) is 17.6 Å².